The predicted molar refractivity (Wildman–Crippen MR) is 112 cm³/mol. The van der Waals surface area contributed by atoms with Gasteiger partial charge in [-0.1, -0.05) is 30.3 Å². The van der Waals surface area contributed by atoms with Gasteiger partial charge in [-0.15, -0.1) is 10.6 Å². The summed E-state index contributed by atoms with van der Waals surface area (Å²) in [6.45, 7) is 2.74. The first-order valence-electron chi connectivity index (χ1n) is 8.46. The topological polar surface area (TPSA) is 66.7 Å². The van der Waals surface area contributed by atoms with Crippen LogP contribution in [0.2, 0.25) is 0 Å². The van der Waals surface area contributed by atoms with E-state index in [1.807, 2.05) is 52.3 Å². The van der Waals surface area contributed by atoms with E-state index in [1.54, 1.807) is 7.11 Å². The van der Waals surface area contributed by atoms with Crippen molar-refractivity contribution in [2.75, 3.05) is 7.11 Å². The van der Waals surface area contributed by atoms with Crippen molar-refractivity contribution in [3.05, 3.63) is 75.1 Å². The van der Waals surface area contributed by atoms with Crippen molar-refractivity contribution < 1.29 is 4.74 Å². The number of hydrazine groups is 2. The van der Waals surface area contributed by atoms with E-state index in [0.29, 0.717) is 6.54 Å². The van der Waals surface area contributed by atoms with Gasteiger partial charge in [0.2, 0.25) is 0 Å². The number of methoxy groups -OCH3 is 1. The molecule has 1 aromatic heterocycles. The maximum atomic E-state index is 5.22. The summed E-state index contributed by atoms with van der Waals surface area (Å²) in [4.78, 5) is 0. The molecular formula is C19H19IN6O. The number of ether oxygens (including phenoxy) is 1. The summed E-state index contributed by atoms with van der Waals surface area (Å²) in [5.41, 5.74) is 10.3. The zero-order chi connectivity index (χ0) is 18.8. The Morgan fingerprint density at radius 3 is 2.63 bits per heavy atom. The molecule has 0 aliphatic carbocycles. The van der Waals surface area contributed by atoms with Crippen molar-refractivity contribution in [3.63, 3.8) is 0 Å². The van der Waals surface area contributed by atoms with Crippen LogP contribution in [0.25, 0.3) is 5.69 Å². The summed E-state index contributed by atoms with van der Waals surface area (Å²) in [6, 6.07) is 16.2. The van der Waals surface area contributed by atoms with E-state index >= 15 is 0 Å². The Morgan fingerprint density at radius 1 is 1.11 bits per heavy atom. The molecule has 0 atom stereocenters. The van der Waals surface area contributed by atoms with Gasteiger partial charge in [0.05, 0.1) is 31.1 Å². The molecule has 7 nitrogen and oxygen atoms in total. The number of amidine groups is 1. The lowest BCUT2D eigenvalue weighted by Crippen LogP contribution is -2.40. The van der Waals surface area contributed by atoms with Crippen LogP contribution in [0.15, 0.2) is 59.8 Å². The molecule has 27 heavy (non-hydrogen) atoms. The first-order chi connectivity index (χ1) is 13.2. The van der Waals surface area contributed by atoms with Crippen LogP contribution in [-0.4, -0.2) is 27.7 Å². The van der Waals surface area contributed by atoms with Crippen molar-refractivity contribution >= 4 is 28.4 Å². The minimum absolute atomic E-state index is 0.654. The second-order valence-corrected chi connectivity index (χ2v) is 7.16. The van der Waals surface area contributed by atoms with Crippen LogP contribution in [0.1, 0.15) is 16.7 Å². The highest BCUT2D eigenvalue weighted by atomic mass is 127. The van der Waals surface area contributed by atoms with Crippen molar-refractivity contribution in [1.82, 2.24) is 25.9 Å². The Morgan fingerprint density at radius 2 is 1.89 bits per heavy atom. The summed E-state index contributed by atoms with van der Waals surface area (Å²) in [5.74, 6) is 1.64. The average molecular weight is 474 g/mol. The van der Waals surface area contributed by atoms with Gasteiger partial charge in [-0.05, 0) is 58.8 Å². The number of rotatable bonds is 5. The van der Waals surface area contributed by atoms with E-state index in [-0.39, 0.29) is 0 Å². The van der Waals surface area contributed by atoms with E-state index in [1.165, 1.54) is 5.56 Å². The summed E-state index contributed by atoms with van der Waals surface area (Å²) < 4.78 is 8.17. The maximum Gasteiger partial charge on any atom is 0.177 e. The molecule has 0 unspecified atom stereocenters. The van der Waals surface area contributed by atoms with Crippen molar-refractivity contribution in [1.29, 1.82) is 0 Å². The van der Waals surface area contributed by atoms with E-state index in [4.69, 9.17) is 4.74 Å². The number of nitrogens with zero attached hydrogens (tertiary/aromatic N) is 4. The molecule has 3 aromatic rings. The largest absolute Gasteiger partial charge is 0.497 e. The molecule has 1 aliphatic rings. The lowest BCUT2D eigenvalue weighted by Gasteiger charge is -2.19. The Bertz CT molecular complexity index is 982. The third-order valence-electron chi connectivity index (χ3n) is 4.40. The van der Waals surface area contributed by atoms with Crippen LogP contribution in [-0.2, 0) is 6.54 Å². The van der Waals surface area contributed by atoms with Crippen LogP contribution < -0.4 is 15.8 Å². The molecule has 0 spiro atoms. The third kappa shape index (κ3) is 3.50. The van der Waals surface area contributed by atoms with Crippen LogP contribution in [0.4, 0.5) is 0 Å². The normalized spacial score (nSPS) is 13.4. The van der Waals surface area contributed by atoms with E-state index in [0.717, 1.165) is 32.1 Å². The summed E-state index contributed by atoms with van der Waals surface area (Å²) in [5, 5.41) is 11.0. The van der Waals surface area contributed by atoms with Gasteiger partial charge in [-0.25, -0.2) is 10.2 Å². The molecule has 2 N–H and O–H groups in total. The highest BCUT2D eigenvalue weighted by Gasteiger charge is 2.24. The Kier molecular flexibility index (Phi) is 4.99. The van der Waals surface area contributed by atoms with Gasteiger partial charge >= 0.3 is 0 Å². The summed E-state index contributed by atoms with van der Waals surface area (Å²) in [7, 11) is 1.67. The number of aryl methyl sites for hydroxylation is 1. The number of hydrazone groups is 1. The van der Waals surface area contributed by atoms with Crippen LogP contribution in [0.5, 0.6) is 5.75 Å². The fourth-order valence-corrected chi connectivity index (χ4v) is 3.70. The van der Waals surface area contributed by atoms with Gasteiger partial charge < -0.3 is 4.74 Å². The fraction of sp³-hybridized carbons (Fsp3) is 0.158. The smallest absolute Gasteiger partial charge is 0.177 e. The number of halogens is 1. The maximum absolute atomic E-state index is 5.22. The second-order valence-electron chi connectivity index (χ2n) is 6.14. The van der Waals surface area contributed by atoms with Gasteiger partial charge in [-0.2, -0.15) is 5.10 Å². The standard InChI is InChI=1S/C19H19IN6O/c1-13-5-3-4-6-17(13)26-18(20)16(11-21-26)19-22-23-24-25(19)12-14-7-9-15(27-2)10-8-14/h3-11,23-24H,12H2,1-2H3. The van der Waals surface area contributed by atoms with Crippen LogP contribution in [0.3, 0.4) is 0 Å². The minimum Gasteiger partial charge on any atom is -0.497 e. The lowest BCUT2D eigenvalue weighted by atomic mass is 10.2. The van der Waals surface area contributed by atoms with E-state index < -0.39 is 0 Å². The molecule has 1 aliphatic heterocycles. The first-order valence-corrected chi connectivity index (χ1v) is 9.54. The van der Waals surface area contributed by atoms with E-state index in [9.17, 15) is 0 Å². The van der Waals surface area contributed by atoms with E-state index in [2.05, 4.69) is 62.9 Å². The molecule has 0 saturated carbocycles. The average Bonchev–Trinajstić information content (AvgIpc) is 3.29. The second kappa shape index (κ2) is 7.57. The Hall–Kier alpha value is -2.59. The van der Waals surface area contributed by atoms with Crippen molar-refractivity contribution in [2.45, 2.75) is 13.5 Å². The van der Waals surface area contributed by atoms with Gasteiger partial charge in [0.1, 0.15) is 9.45 Å². The summed E-state index contributed by atoms with van der Waals surface area (Å²) >= 11 is 2.32. The molecular weight excluding hydrogens is 455 g/mol. The highest BCUT2D eigenvalue weighted by Crippen LogP contribution is 2.22. The van der Waals surface area contributed by atoms with Crippen molar-refractivity contribution in [3.8, 4) is 11.4 Å². The number of hydrogen-bond acceptors (Lipinski definition) is 6. The molecule has 0 amide bonds. The molecule has 0 fully saturated rings. The summed E-state index contributed by atoms with van der Waals surface area (Å²) in [6.07, 6.45) is 1.85. The molecule has 8 heteroatoms. The van der Waals surface area contributed by atoms with Gasteiger partial charge in [0, 0.05) is 0 Å². The molecule has 138 valence electrons. The van der Waals surface area contributed by atoms with Crippen molar-refractivity contribution in [2.24, 2.45) is 5.10 Å². The number of nitrogens with one attached hydrogen (secondary N) is 2. The van der Waals surface area contributed by atoms with Gasteiger partial charge in [0.15, 0.2) is 5.84 Å². The Balaban J connectivity index is 1.60. The first kappa shape index (κ1) is 17.8. The molecule has 2 heterocycles. The molecule has 4 rings (SSSR count). The third-order valence-corrected chi connectivity index (χ3v) is 5.44. The molecule has 0 saturated heterocycles. The highest BCUT2D eigenvalue weighted by molar-refractivity contribution is 14.1. The minimum atomic E-state index is 0.654. The quantitative estimate of drug-likeness (QED) is 0.557. The number of aromatic nitrogens is 2. The lowest BCUT2D eigenvalue weighted by molar-refractivity contribution is 0.288. The number of benzene rings is 2. The van der Waals surface area contributed by atoms with Gasteiger partial charge in [0.25, 0.3) is 0 Å². The van der Waals surface area contributed by atoms with Crippen LogP contribution >= 0.6 is 22.6 Å². The zero-order valence-electron chi connectivity index (χ0n) is 15.0. The Labute approximate surface area is 171 Å². The molecule has 2 aromatic carbocycles. The van der Waals surface area contributed by atoms with Gasteiger partial charge in [-0.3, -0.25) is 5.01 Å². The fourth-order valence-electron chi connectivity index (χ4n) is 2.94. The predicted octanol–water partition coefficient (Wildman–Crippen LogP) is 2.98. The number of para-hydroxylation sites is 1. The van der Waals surface area contributed by atoms with Crippen LogP contribution in [0, 0.1) is 10.6 Å². The SMILES string of the molecule is COc1ccc(CN2NNN=C2c2cnn(-c3ccccc3C)c2I)cc1. The molecule has 0 radical (unpaired) electrons. The molecule has 0 bridgehead atoms. The number of hydrogen-bond donors (Lipinski definition) is 2. The zero-order valence-corrected chi connectivity index (χ0v) is 17.1. The monoisotopic (exact) mass is 474 g/mol.